The quantitative estimate of drug-likeness (QED) is 0.363. The second kappa shape index (κ2) is 6.04. The van der Waals surface area contributed by atoms with Crippen molar-refractivity contribution in [2.24, 2.45) is 0 Å². The average Bonchev–Trinajstić information content (AvgIpc) is 3.06. The van der Waals surface area contributed by atoms with Gasteiger partial charge < -0.3 is 0 Å². The van der Waals surface area contributed by atoms with Crippen LogP contribution in [0.4, 0.5) is 0 Å². The van der Waals surface area contributed by atoms with Crippen LogP contribution in [0.15, 0.2) is 78.9 Å². The van der Waals surface area contributed by atoms with E-state index in [1.54, 1.807) is 11.3 Å². The topological polar surface area (TPSA) is 25.8 Å². The molecule has 5 aromatic rings. The van der Waals surface area contributed by atoms with Gasteiger partial charge in [0.2, 0.25) is 0 Å². The van der Waals surface area contributed by atoms with E-state index in [4.69, 9.17) is 9.97 Å². The largest absolute Gasteiger partial charge is 0.248 e. The lowest BCUT2D eigenvalue weighted by Crippen LogP contribution is -1.92. The molecule has 0 bridgehead atoms. The maximum atomic E-state index is 4.94. The smallest absolute Gasteiger partial charge is 0.143 e. The Bertz CT molecular complexity index is 1220. The number of thiophene rings is 1. The summed E-state index contributed by atoms with van der Waals surface area (Å²) >= 11 is 1.71. The minimum Gasteiger partial charge on any atom is -0.248 e. The number of aryl methyl sites for hydroxylation is 1. The van der Waals surface area contributed by atoms with E-state index >= 15 is 0 Å². The van der Waals surface area contributed by atoms with E-state index in [0.29, 0.717) is 0 Å². The lowest BCUT2D eigenvalue weighted by atomic mass is 10.0. The second-order valence-electron chi connectivity index (χ2n) is 6.35. The van der Waals surface area contributed by atoms with Crippen molar-refractivity contribution in [2.75, 3.05) is 0 Å². The van der Waals surface area contributed by atoms with Gasteiger partial charge in [-0.15, -0.1) is 11.3 Å². The van der Waals surface area contributed by atoms with E-state index in [1.165, 1.54) is 21.2 Å². The zero-order chi connectivity index (χ0) is 17.5. The molecule has 5 rings (SSSR count). The number of fused-ring (bicyclic) bond motifs is 3. The van der Waals surface area contributed by atoms with Gasteiger partial charge in [0.25, 0.3) is 0 Å². The number of hydrogen-bond donors (Lipinski definition) is 0. The molecule has 0 aliphatic heterocycles. The lowest BCUT2D eigenvalue weighted by Gasteiger charge is -2.07. The Balaban J connectivity index is 1.62. The number of benzene rings is 3. The van der Waals surface area contributed by atoms with E-state index in [9.17, 15) is 0 Å². The monoisotopic (exact) mass is 352 g/mol. The summed E-state index contributed by atoms with van der Waals surface area (Å²) in [5, 5.41) is 1.19. The maximum Gasteiger partial charge on any atom is 0.143 e. The minimum atomic E-state index is 0.962. The highest BCUT2D eigenvalue weighted by atomic mass is 32.1. The van der Waals surface area contributed by atoms with E-state index in [0.717, 1.165) is 27.3 Å². The highest BCUT2D eigenvalue weighted by Gasteiger charge is 2.12. The van der Waals surface area contributed by atoms with Crippen LogP contribution in [0.3, 0.4) is 0 Å². The summed E-state index contributed by atoms with van der Waals surface area (Å²) in [4.78, 5) is 10.8. The van der Waals surface area contributed by atoms with Crippen LogP contribution in [0.25, 0.3) is 42.8 Å². The molecule has 0 aliphatic rings. The van der Waals surface area contributed by atoms with Crippen LogP contribution in [0.1, 0.15) is 5.69 Å². The summed E-state index contributed by atoms with van der Waals surface area (Å²) in [7, 11) is 0. The summed E-state index contributed by atoms with van der Waals surface area (Å²) in [6, 6.07) is 27.4. The Morgan fingerprint density at radius 1 is 0.654 bits per heavy atom. The van der Waals surface area contributed by atoms with Crippen LogP contribution >= 0.6 is 11.3 Å². The molecule has 2 aromatic heterocycles. The van der Waals surface area contributed by atoms with Crippen molar-refractivity contribution in [2.45, 2.75) is 6.92 Å². The predicted molar refractivity (Wildman–Crippen MR) is 111 cm³/mol. The first-order chi connectivity index (χ1) is 12.8. The van der Waals surface area contributed by atoms with Crippen molar-refractivity contribution in [1.82, 2.24) is 9.97 Å². The first-order valence-corrected chi connectivity index (χ1v) is 9.43. The molecule has 0 N–H and O–H groups in total. The molecule has 0 saturated carbocycles. The third kappa shape index (κ3) is 2.49. The summed E-state index contributed by atoms with van der Waals surface area (Å²) in [6.45, 7) is 2.04. The van der Waals surface area contributed by atoms with Crippen molar-refractivity contribution in [3.05, 3.63) is 84.6 Å². The number of rotatable bonds is 2. The van der Waals surface area contributed by atoms with Crippen molar-refractivity contribution in [3.8, 4) is 22.4 Å². The van der Waals surface area contributed by atoms with Gasteiger partial charge in [0.15, 0.2) is 0 Å². The predicted octanol–water partition coefficient (Wildman–Crippen LogP) is 6.49. The van der Waals surface area contributed by atoms with E-state index in [2.05, 4.69) is 72.8 Å². The minimum absolute atomic E-state index is 0.962. The normalized spacial score (nSPS) is 11.3. The van der Waals surface area contributed by atoms with Crippen molar-refractivity contribution >= 4 is 31.8 Å². The summed E-state index contributed by atoms with van der Waals surface area (Å²) in [6.07, 6.45) is 0. The SMILES string of the molecule is Cc1nc2c(nc1-c1ccc(-c3ccccc3)cc1)sc1ccccc12. The van der Waals surface area contributed by atoms with Crippen LogP contribution in [0, 0.1) is 6.92 Å². The molecule has 0 fully saturated rings. The number of nitrogens with zero attached hydrogens (tertiary/aromatic N) is 2. The van der Waals surface area contributed by atoms with E-state index < -0.39 is 0 Å². The maximum absolute atomic E-state index is 4.94. The van der Waals surface area contributed by atoms with Gasteiger partial charge in [0, 0.05) is 15.6 Å². The molecule has 3 aromatic carbocycles. The average molecular weight is 352 g/mol. The highest BCUT2D eigenvalue weighted by Crippen LogP contribution is 2.34. The molecule has 0 aliphatic carbocycles. The fourth-order valence-corrected chi connectivity index (χ4v) is 4.35. The van der Waals surface area contributed by atoms with Crippen molar-refractivity contribution in [1.29, 1.82) is 0 Å². The van der Waals surface area contributed by atoms with Gasteiger partial charge >= 0.3 is 0 Å². The molecule has 0 atom stereocenters. The van der Waals surface area contributed by atoms with Crippen LogP contribution in [-0.4, -0.2) is 9.97 Å². The van der Waals surface area contributed by atoms with Crippen LogP contribution in [0.5, 0.6) is 0 Å². The molecule has 3 heteroatoms. The molecule has 26 heavy (non-hydrogen) atoms. The summed E-state index contributed by atoms with van der Waals surface area (Å²) in [5.41, 5.74) is 6.48. The second-order valence-corrected chi connectivity index (χ2v) is 7.38. The Morgan fingerprint density at radius 3 is 2.12 bits per heavy atom. The molecule has 0 spiro atoms. The Morgan fingerprint density at radius 2 is 1.31 bits per heavy atom. The fraction of sp³-hybridized carbons (Fsp3) is 0.0435. The zero-order valence-corrected chi connectivity index (χ0v) is 15.1. The summed E-state index contributed by atoms with van der Waals surface area (Å²) < 4.78 is 1.23. The van der Waals surface area contributed by atoms with Crippen molar-refractivity contribution in [3.63, 3.8) is 0 Å². The van der Waals surface area contributed by atoms with Crippen molar-refractivity contribution < 1.29 is 0 Å². The molecule has 0 saturated heterocycles. The van der Waals surface area contributed by atoms with E-state index in [-0.39, 0.29) is 0 Å². The molecule has 0 radical (unpaired) electrons. The number of aromatic nitrogens is 2. The van der Waals surface area contributed by atoms with Crippen LogP contribution < -0.4 is 0 Å². The third-order valence-electron chi connectivity index (χ3n) is 4.65. The van der Waals surface area contributed by atoms with Gasteiger partial charge in [-0.25, -0.2) is 9.97 Å². The molecule has 2 heterocycles. The van der Waals surface area contributed by atoms with Gasteiger partial charge in [-0.3, -0.25) is 0 Å². The lowest BCUT2D eigenvalue weighted by molar-refractivity contribution is 1.20. The summed E-state index contributed by atoms with van der Waals surface area (Å²) in [5.74, 6) is 0. The highest BCUT2D eigenvalue weighted by molar-refractivity contribution is 7.25. The van der Waals surface area contributed by atoms with E-state index in [1.807, 2.05) is 13.0 Å². The molecule has 0 amide bonds. The number of hydrogen-bond acceptors (Lipinski definition) is 3. The van der Waals surface area contributed by atoms with Gasteiger partial charge in [-0.1, -0.05) is 72.8 Å². The standard InChI is InChI=1S/C23H16N2S/c1-15-21(18-13-11-17(12-14-18)16-7-3-2-4-8-16)25-23-22(24-15)19-9-5-6-10-20(19)26-23/h2-14H,1H3. The van der Waals surface area contributed by atoms with Crippen LogP contribution in [0.2, 0.25) is 0 Å². The van der Waals surface area contributed by atoms with Crippen LogP contribution in [-0.2, 0) is 0 Å². The van der Waals surface area contributed by atoms with Gasteiger partial charge in [0.1, 0.15) is 10.3 Å². The molecule has 2 nitrogen and oxygen atoms in total. The Labute approximate surface area is 155 Å². The van der Waals surface area contributed by atoms with Gasteiger partial charge in [-0.05, 0) is 24.1 Å². The molecule has 124 valence electrons. The zero-order valence-electron chi connectivity index (χ0n) is 14.3. The first-order valence-electron chi connectivity index (χ1n) is 8.61. The molecular weight excluding hydrogens is 336 g/mol. The molecular formula is C23H16N2S. The fourth-order valence-electron chi connectivity index (χ4n) is 3.33. The Hall–Kier alpha value is -3.04. The first kappa shape index (κ1) is 15.2. The Kier molecular flexibility index (Phi) is 3.54. The van der Waals surface area contributed by atoms with Gasteiger partial charge in [0.05, 0.1) is 11.4 Å². The molecule has 0 unspecified atom stereocenters. The third-order valence-corrected chi connectivity index (χ3v) is 5.71. The van der Waals surface area contributed by atoms with Gasteiger partial charge in [-0.2, -0.15) is 0 Å².